The lowest BCUT2D eigenvalue weighted by molar-refractivity contribution is 0.0945. The number of ether oxygens (including phenoxy) is 1. The molecule has 0 aliphatic heterocycles. The molecule has 4 nitrogen and oxygen atoms in total. The Balaban J connectivity index is 2.98. The Morgan fingerprint density at radius 3 is 2.88 bits per heavy atom. The van der Waals surface area contributed by atoms with Crippen molar-refractivity contribution in [3.05, 3.63) is 23.8 Å². The van der Waals surface area contributed by atoms with Crippen molar-refractivity contribution in [2.24, 2.45) is 0 Å². The third kappa shape index (κ3) is 2.67. The highest BCUT2D eigenvalue weighted by Gasteiger charge is 2.13. The van der Waals surface area contributed by atoms with E-state index in [1.54, 1.807) is 25.1 Å². The molecule has 0 saturated heterocycles. The Morgan fingerprint density at radius 2 is 2.31 bits per heavy atom. The summed E-state index contributed by atoms with van der Waals surface area (Å²) in [5.41, 5.74) is 6.49. The number of carbonyl (C=O) groups excluding carboxylic acids is 1. The summed E-state index contributed by atoms with van der Waals surface area (Å²) >= 11 is 0. The molecule has 0 saturated carbocycles. The van der Waals surface area contributed by atoms with Crippen LogP contribution in [0.1, 0.15) is 17.3 Å². The van der Waals surface area contributed by atoms with Gasteiger partial charge >= 0.3 is 0 Å². The Morgan fingerprint density at radius 1 is 1.62 bits per heavy atom. The first kappa shape index (κ1) is 11.9. The smallest absolute Gasteiger partial charge is 0.256 e. The number of methoxy groups -OCH3 is 1. The Kier molecular flexibility index (Phi) is 3.78. The number of amides is 1. The summed E-state index contributed by atoms with van der Waals surface area (Å²) in [6, 6.07) is 4.53. The quantitative estimate of drug-likeness (QED) is 0.588. The molecule has 16 heavy (non-hydrogen) atoms. The van der Waals surface area contributed by atoms with Crippen LogP contribution in [0.15, 0.2) is 18.2 Å². The number of terminal acetylenes is 1. The number of nitrogens with one attached hydrogen (secondary N) is 1. The summed E-state index contributed by atoms with van der Waals surface area (Å²) in [6.45, 7) is 1.72. The molecule has 0 bridgehead atoms. The van der Waals surface area contributed by atoms with Crippen molar-refractivity contribution < 1.29 is 9.53 Å². The summed E-state index contributed by atoms with van der Waals surface area (Å²) < 4.78 is 5.07. The van der Waals surface area contributed by atoms with Crippen LogP contribution < -0.4 is 15.8 Å². The number of anilines is 1. The lowest BCUT2D eigenvalue weighted by Gasteiger charge is -2.11. The lowest BCUT2D eigenvalue weighted by atomic mass is 10.1. The molecule has 1 aromatic carbocycles. The first-order valence-electron chi connectivity index (χ1n) is 4.79. The van der Waals surface area contributed by atoms with Gasteiger partial charge in [-0.2, -0.15) is 0 Å². The minimum atomic E-state index is -0.335. The van der Waals surface area contributed by atoms with Crippen molar-refractivity contribution >= 4 is 11.6 Å². The van der Waals surface area contributed by atoms with E-state index in [0.29, 0.717) is 17.0 Å². The molecule has 1 amide bonds. The first-order chi connectivity index (χ1) is 7.58. The van der Waals surface area contributed by atoms with Gasteiger partial charge in [-0.25, -0.2) is 0 Å². The van der Waals surface area contributed by atoms with E-state index in [2.05, 4.69) is 11.2 Å². The molecule has 0 aromatic heterocycles. The van der Waals surface area contributed by atoms with Crippen molar-refractivity contribution in [1.82, 2.24) is 5.32 Å². The van der Waals surface area contributed by atoms with Gasteiger partial charge in [0.15, 0.2) is 0 Å². The number of hydrogen-bond acceptors (Lipinski definition) is 3. The predicted octanol–water partition coefficient (Wildman–Crippen LogP) is 1.03. The van der Waals surface area contributed by atoms with Crippen LogP contribution in [0.25, 0.3) is 0 Å². The molecule has 3 N–H and O–H groups in total. The lowest BCUT2D eigenvalue weighted by Crippen LogP contribution is -2.31. The fourth-order valence-corrected chi connectivity index (χ4v) is 1.22. The maximum Gasteiger partial charge on any atom is 0.256 e. The van der Waals surface area contributed by atoms with Crippen molar-refractivity contribution in [2.45, 2.75) is 13.0 Å². The molecule has 84 valence electrons. The second-order valence-electron chi connectivity index (χ2n) is 3.32. The van der Waals surface area contributed by atoms with Crippen LogP contribution in [-0.4, -0.2) is 19.1 Å². The minimum absolute atomic E-state index is 0.297. The molecule has 4 heteroatoms. The molecule has 1 unspecified atom stereocenters. The van der Waals surface area contributed by atoms with Crippen LogP contribution in [0.3, 0.4) is 0 Å². The van der Waals surface area contributed by atoms with Gasteiger partial charge in [0.1, 0.15) is 5.75 Å². The van der Waals surface area contributed by atoms with Gasteiger partial charge in [0.05, 0.1) is 18.7 Å². The Labute approximate surface area is 94.8 Å². The van der Waals surface area contributed by atoms with E-state index in [0.717, 1.165) is 0 Å². The van der Waals surface area contributed by atoms with Gasteiger partial charge in [-0.3, -0.25) is 4.79 Å². The van der Waals surface area contributed by atoms with Gasteiger partial charge in [0.25, 0.3) is 5.91 Å². The van der Waals surface area contributed by atoms with Crippen LogP contribution >= 0.6 is 0 Å². The summed E-state index contributed by atoms with van der Waals surface area (Å²) in [4.78, 5) is 11.8. The van der Waals surface area contributed by atoms with E-state index in [4.69, 9.17) is 16.9 Å². The topological polar surface area (TPSA) is 64.4 Å². The summed E-state index contributed by atoms with van der Waals surface area (Å²) in [5, 5.41) is 2.64. The van der Waals surface area contributed by atoms with Gasteiger partial charge in [-0.15, -0.1) is 6.42 Å². The monoisotopic (exact) mass is 218 g/mol. The van der Waals surface area contributed by atoms with Crippen LogP contribution in [0, 0.1) is 12.3 Å². The molecular formula is C12H14N2O2. The second kappa shape index (κ2) is 5.08. The third-order valence-electron chi connectivity index (χ3n) is 2.07. The van der Waals surface area contributed by atoms with E-state index in [9.17, 15) is 4.79 Å². The zero-order chi connectivity index (χ0) is 12.1. The third-order valence-corrected chi connectivity index (χ3v) is 2.07. The summed E-state index contributed by atoms with van der Waals surface area (Å²) in [7, 11) is 1.49. The van der Waals surface area contributed by atoms with Crippen LogP contribution in [0.5, 0.6) is 5.75 Å². The van der Waals surface area contributed by atoms with Gasteiger partial charge in [-0.05, 0) is 25.1 Å². The van der Waals surface area contributed by atoms with Crippen molar-refractivity contribution in [2.75, 3.05) is 12.8 Å². The van der Waals surface area contributed by atoms with Gasteiger partial charge in [0.2, 0.25) is 0 Å². The van der Waals surface area contributed by atoms with Gasteiger partial charge in [0, 0.05) is 5.69 Å². The maximum atomic E-state index is 11.8. The number of hydrogen-bond donors (Lipinski definition) is 2. The predicted molar refractivity (Wildman–Crippen MR) is 63.2 cm³/mol. The van der Waals surface area contributed by atoms with E-state index in [1.807, 2.05) is 0 Å². The highest BCUT2D eigenvalue weighted by Crippen LogP contribution is 2.20. The number of nitrogen functional groups attached to an aromatic ring is 1. The molecule has 0 spiro atoms. The van der Waals surface area contributed by atoms with E-state index < -0.39 is 0 Å². The molecule has 0 radical (unpaired) electrons. The molecule has 1 atom stereocenters. The minimum Gasteiger partial charge on any atom is -0.496 e. The number of nitrogens with two attached hydrogens (primary N) is 1. The van der Waals surface area contributed by atoms with Crippen LogP contribution in [0.4, 0.5) is 5.69 Å². The molecule has 0 aliphatic rings. The number of carbonyl (C=O) groups is 1. The molecule has 0 heterocycles. The standard InChI is InChI=1S/C12H14N2O2/c1-4-8(2)14-12(15)10-7-9(13)5-6-11(10)16-3/h1,5-8H,13H2,2-3H3,(H,14,15). The van der Waals surface area contributed by atoms with E-state index in [1.165, 1.54) is 7.11 Å². The first-order valence-corrected chi connectivity index (χ1v) is 4.79. The molecule has 1 aromatic rings. The highest BCUT2D eigenvalue weighted by atomic mass is 16.5. The molecule has 1 rings (SSSR count). The zero-order valence-electron chi connectivity index (χ0n) is 9.28. The Bertz CT molecular complexity index is 435. The average Bonchev–Trinajstić information content (AvgIpc) is 2.28. The average molecular weight is 218 g/mol. The van der Waals surface area contributed by atoms with Crippen molar-refractivity contribution in [1.29, 1.82) is 0 Å². The summed E-state index contributed by atoms with van der Waals surface area (Å²) in [5.74, 6) is 2.59. The largest absolute Gasteiger partial charge is 0.496 e. The van der Waals surface area contributed by atoms with E-state index in [-0.39, 0.29) is 11.9 Å². The molecule has 0 aliphatic carbocycles. The van der Waals surface area contributed by atoms with Gasteiger partial charge in [-0.1, -0.05) is 5.92 Å². The molecule has 0 fully saturated rings. The second-order valence-corrected chi connectivity index (χ2v) is 3.32. The van der Waals surface area contributed by atoms with Crippen LogP contribution in [-0.2, 0) is 0 Å². The van der Waals surface area contributed by atoms with Crippen LogP contribution in [0.2, 0.25) is 0 Å². The van der Waals surface area contributed by atoms with Gasteiger partial charge < -0.3 is 15.8 Å². The zero-order valence-corrected chi connectivity index (χ0v) is 9.28. The maximum absolute atomic E-state index is 11.8. The Hall–Kier alpha value is -2.15. The fourth-order valence-electron chi connectivity index (χ4n) is 1.22. The number of benzene rings is 1. The SMILES string of the molecule is C#CC(C)NC(=O)c1cc(N)ccc1OC. The van der Waals surface area contributed by atoms with Crippen molar-refractivity contribution in [3.8, 4) is 18.1 Å². The number of rotatable bonds is 3. The molecular weight excluding hydrogens is 204 g/mol. The van der Waals surface area contributed by atoms with E-state index >= 15 is 0 Å². The normalized spacial score (nSPS) is 11.3. The summed E-state index contributed by atoms with van der Waals surface area (Å²) in [6.07, 6.45) is 5.18. The van der Waals surface area contributed by atoms with Crippen molar-refractivity contribution in [3.63, 3.8) is 0 Å². The fraction of sp³-hybridized carbons (Fsp3) is 0.250. The highest BCUT2D eigenvalue weighted by molar-refractivity contribution is 5.98.